The molecule has 234 valence electrons. The summed E-state index contributed by atoms with van der Waals surface area (Å²) in [5.41, 5.74) is 3.67. The van der Waals surface area contributed by atoms with Crippen molar-refractivity contribution in [2.24, 2.45) is 0 Å². The summed E-state index contributed by atoms with van der Waals surface area (Å²) in [5, 5.41) is 4.35. The van der Waals surface area contributed by atoms with Gasteiger partial charge in [0.2, 0.25) is 0 Å². The standard InChI is InChI=1S/C43H38O4/c1-4-32(3)45-28-10-6-7-11-29-46-40-27-24-37-30-34(16-21-38(37)31-40)15-20-36-23-22-35(41-12-8-9-13-42(36)41)19-14-33-17-25-39(26-18-33)47-43(44)5-2/h4,8-9,12-13,16-18,21-27,30-31H,1,3,5-7,10-11,28-29H2,2H3. The van der Waals surface area contributed by atoms with Crippen molar-refractivity contribution >= 4 is 27.5 Å². The van der Waals surface area contributed by atoms with Gasteiger partial charge in [-0.2, -0.15) is 0 Å². The van der Waals surface area contributed by atoms with Gasteiger partial charge in [0.15, 0.2) is 0 Å². The third-order valence-corrected chi connectivity index (χ3v) is 7.62. The Balaban J connectivity index is 1.21. The molecule has 0 saturated heterocycles. The molecule has 5 rings (SSSR count). The fraction of sp³-hybridized carbons (Fsp3) is 0.186. The fourth-order valence-electron chi connectivity index (χ4n) is 5.01. The zero-order valence-electron chi connectivity index (χ0n) is 26.8. The number of hydrogen-bond donors (Lipinski definition) is 0. The minimum absolute atomic E-state index is 0.258. The van der Waals surface area contributed by atoms with Crippen LogP contribution in [-0.4, -0.2) is 19.2 Å². The number of rotatable bonds is 12. The maximum Gasteiger partial charge on any atom is 0.310 e. The molecule has 0 aliphatic carbocycles. The van der Waals surface area contributed by atoms with Crippen LogP contribution in [-0.2, 0) is 9.53 Å². The lowest BCUT2D eigenvalue weighted by molar-refractivity contribution is -0.134. The van der Waals surface area contributed by atoms with Gasteiger partial charge in [0.05, 0.1) is 13.2 Å². The highest BCUT2D eigenvalue weighted by atomic mass is 16.5. The fourth-order valence-corrected chi connectivity index (χ4v) is 5.01. The first-order valence-corrected chi connectivity index (χ1v) is 16.0. The van der Waals surface area contributed by atoms with E-state index >= 15 is 0 Å². The Morgan fingerprint density at radius 2 is 1.28 bits per heavy atom. The summed E-state index contributed by atoms with van der Waals surface area (Å²) < 4.78 is 16.7. The molecule has 47 heavy (non-hydrogen) atoms. The molecule has 0 radical (unpaired) electrons. The molecule has 4 heteroatoms. The molecule has 0 unspecified atom stereocenters. The van der Waals surface area contributed by atoms with E-state index in [4.69, 9.17) is 14.2 Å². The van der Waals surface area contributed by atoms with Crippen LogP contribution in [0.1, 0.15) is 61.3 Å². The maximum atomic E-state index is 11.5. The van der Waals surface area contributed by atoms with Gasteiger partial charge in [0.25, 0.3) is 0 Å². The van der Waals surface area contributed by atoms with Gasteiger partial charge in [0.1, 0.15) is 17.3 Å². The van der Waals surface area contributed by atoms with Crippen LogP contribution in [0, 0.1) is 23.7 Å². The minimum Gasteiger partial charge on any atom is -0.494 e. The van der Waals surface area contributed by atoms with Crippen LogP contribution < -0.4 is 9.47 Å². The lowest BCUT2D eigenvalue weighted by Gasteiger charge is -2.08. The molecule has 0 spiro atoms. The second kappa shape index (κ2) is 16.6. The zero-order valence-corrected chi connectivity index (χ0v) is 26.8. The highest BCUT2D eigenvalue weighted by Gasteiger charge is 2.05. The second-order valence-corrected chi connectivity index (χ2v) is 11.1. The van der Waals surface area contributed by atoms with E-state index in [1.165, 1.54) is 0 Å². The Bertz CT molecular complexity index is 2010. The van der Waals surface area contributed by atoms with Crippen molar-refractivity contribution in [1.29, 1.82) is 0 Å². The Labute approximate surface area is 277 Å². The van der Waals surface area contributed by atoms with Gasteiger partial charge in [-0.15, -0.1) is 0 Å². The number of benzene rings is 5. The Morgan fingerprint density at radius 1 is 0.681 bits per heavy atom. The molecule has 0 fully saturated rings. The minimum atomic E-state index is -0.258. The normalized spacial score (nSPS) is 10.3. The van der Waals surface area contributed by atoms with Crippen LogP contribution in [0.5, 0.6) is 11.5 Å². The van der Waals surface area contributed by atoms with Gasteiger partial charge < -0.3 is 14.2 Å². The molecule has 0 saturated carbocycles. The molecule has 0 bridgehead atoms. The van der Waals surface area contributed by atoms with Gasteiger partial charge in [-0.3, -0.25) is 4.79 Å². The van der Waals surface area contributed by atoms with E-state index in [9.17, 15) is 4.79 Å². The van der Waals surface area contributed by atoms with Crippen LogP contribution in [0.2, 0.25) is 0 Å². The Hall–Kier alpha value is -5.71. The predicted octanol–water partition coefficient (Wildman–Crippen LogP) is 9.76. The van der Waals surface area contributed by atoms with Crippen molar-refractivity contribution in [3.05, 3.63) is 144 Å². The number of ether oxygens (including phenoxy) is 3. The Kier molecular flexibility index (Phi) is 11.5. The van der Waals surface area contributed by atoms with Crippen LogP contribution in [0.15, 0.2) is 122 Å². The molecule has 5 aromatic rings. The second-order valence-electron chi connectivity index (χ2n) is 11.1. The van der Waals surface area contributed by atoms with Gasteiger partial charge in [-0.1, -0.05) is 80.2 Å². The van der Waals surface area contributed by atoms with Crippen molar-refractivity contribution in [2.45, 2.75) is 39.0 Å². The summed E-state index contributed by atoms with van der Waals surface area (Å²) in [7, 11) is 0. The average molecular weight is 619 g/mol. The number of esters is 1. The van der Waals surface area contributed by atoms with E-state index < -0.39 is 0 Å². The van der Waals surface area contributed by atoms with Crippen molar-refractivity contribution in [1.82, 2.24) is 0 Å². The summed E-state index contributed by atoms with van der Waals surface area (Å²) in [5.74, 6) is 15.1. The monoisotopic (exact) mass is 618 g/mol. The highest BCUT2D eigenvalue weighted by molar-refractivity contribution is 5.93. The SMILES string of the molecule is C=CC(=C)OCCCCCCOc1ccc2cc(C#Cc3ccc(C#Cc4ccc(OC(=O)CC)cc4)c4ccccc34)ccc2c1. The number of allylic oxidation sites excluding steroid dienone is 1. The first kappa shape index (κ1) is 32.7. The van der Waals surface area contributed by atoms with E-state index in [1.807, 2.05) is 42.5 Å². The van der Waals surface area contributed by atoms with Crippen molar-refractivity contribution in [3.63, 3.8) is 0 Å². The molecule has 4 nitrogen and oxygen atoms in total. The van der Waals surface area contributed by atoms with Crippen molar-refractivity contribution in [3.8, 4) is 35.2 Å². The first-order valence-electron chi connectivity index (χ1n) is 16.0. The van der Waals surface area contributed by atoms with E-state index in [1.54, 1.807) is 25.1 Å². The highest BCUT2D eigenvalue weighted by Crippen LogP contribution is 2.24. The maximum absolute atomic E-state index is 11.5. The summed E-state index contributed by atoms with van der Waals surface area (Å²) in [6, 6.07) is 32.0. The molecular weight excluding hydrogens is 580 g/mol. The van der Waals surface area contributed by atoms with Crippen molar-refractivity contribution < 1.29 is 19.0 Å². The third-order valence-electron chi connectivity index (χ3n) is 7.62. The summed E-state index contributed by atoms with van der Waals surface area (Å²) >= 11 is 0. The number of unbranched alkanes of at least 4 members (excludes halogenated alkanes) is 3. The summed E-state index contributed by atoms with van der Waals surface area (Å²) in [6.07, 6.45) is 6.17. The topological polar surface area (TPSA) is 44.8 Å². The molecule has 0 atom stereocenters. The lowest BCUT2D eigenvalue weighted by atomic mass is 9.99. The summed E-state index contributed by atoms with van der Waals surface area (Å²) in [6.45, 7) is 10.5. The first-order chi connectivity index (χ1) is 23.0. The molecule has 0 N–H and O–H groups in total. The molecular formula is C43H38O4. The molecule has 0 aliphatic heterocycles. The number of carbonyl (C=O) groups excluding carboxylic acids is 1. The van der Waals surface area contributed by atoms with E-state index in [0.29, 0.717) is 31.1 Å². The third kappa shape index (κ3) is 9.40. The van der Waals surface area contributed by atoms with Crippen LogP contribution in [0.3, 0.4) is 0 Å². The molecule has 0 amide bonds. The molecule has 0 aromatic heterocycles. The lowest BCUT2D eigenvalue weighted by Crippen LogP contribution is -2.05. The van der Waals surface area contributed by atoms with Gasteiger partial charge >= 0.3 is 5.97 Å². The van der Waals surface area contributed by atoms with E-state index in [2.05, 4.69) is 79.3 Å². The zero-order chi connectivity index (χ0) is 32.8. The Morgan fingerprint density at radius 3 is 1.96 bits per heavy atom. The van der Waals surface area contributed by atoms with Crippen LogP contribution >= 0.6 is 0 Å². The average Bonchev–Trinajstić information content (AvgIpc) is 3.11. The number of hydrogen-bond acceptors (Lipinski definition) is 4. The van der Waals surface area contributed by atoms with Crippen LogP contribution in [0.4, 0.5) is 0 Å². The van der Waals surface area contributed by atoms with Crippen LogP contribution in [0.25, 0.3) is 21.5 Å². The van der Waals surface area contributed by atoms with Gasteiger partial charge in [-0.25, -0.2) is 0 Å². The largest absolute Gasteiger partial charge is 0.494 e. The number of carbonyl (C=O) groups is 1. The molecule has 0 heterocycles. The quantitative estimate of drug-likeness (QED) is 0.0349. The number of fused-ring (bicyclic) bond motifs is 2. The van der Waals surface area contributed by atoms with E-state index in [-0.39, 0.29) is 5.97 Å². The smallest absolute Gasteiger partial charge is 0.310 e. The molecule has 0 aliphatic rings. The van der Waals surface area contributed by atoms with Gasteiger partial charge in [0, 0.05) is 28.7 Å². The predicted molar refractivity (Wildman–Crippen MR) is 191 cm³/mol. The van der Waals surface area contributed by atoms with Gasteiger partial charge in [-0.05, 0) is 114 Å². The molecule has 5 aromatic carbocycles. The van der Waals surface area contributed by atoms with E-state index in [0.717, 1.165) is 75.2 Å². The van der Waals surface area contributed by atoms with Crippen molar-refractivity contribution in [2.75, 3.05) is 13.2 Å². The summed E-state index contributed by atoms with van der Waals surface area (Å²) in [4.78, 5) is 11.5.